The lowest BCUT2D eigenvalue weighted by Crippen LogP contribution is -2.27. The van der Waals surface area contributed by atoms with E-state index in [1.807, 2.05) is 0 Å². The molecule has 2 aromatic rings. The van der Waals surface area contributed by atoms with Gasteiger partial charge in [-0.2, -0.15) is 0 Å². The quantitative estimate of drug-likeness (QED) is 0.828. The van der Waals surface area contributed by atoms with Gasteiger partial charge in [0.2, 0.25) is 5.56 Å². The molecule has 0 fully saturated rings. The third-order valence-electron chi connectivity index (χ3n) is 2.40. The van der Waals surface area contributed by atoms with E-state index >= 15 is 0 Å². The number of benzene rings is 1. The maximum Gasteiger partial charge on any atom is 0.412 e. The van der Waals surface area contributed by atoms with Crippen LogP contribution in [0.25, 0.3) is 10.9 Å². The standard InChI is InChI=1S/C14H16N2O3/c1-14(2,3)19-13(18)16-11-6-4-5-10-9(11)7-8-12(17)15-10/h4-8H,1-3H3,(H,15,17)(H,16,18). The summed E-state index contributed by atoms with van der Waals surface area (Å²) in [5.41, 5.74) is 0.536. The van der Waals surface area contributed by atoms with E-state index in [0.717, 1.165) is 5.39 Å². The van der Waals surface area contributed by atoms with Gasteiger partial charge in [-0.25, -0.2) is 4.79 Å². The van der Waals surface area contributed by atoms with Crippen LogP contribution in [0.15, 0.2) is 35.1 Å². The van der Waals surface area contributed by atoms with E-state index in [1.165, 1.54) is 6.07 Å². The normalized spacial score (nSPS) is 11.3. The monoisotopic (exact) mass is 260 g/mol. The number of aromatic amines is 1. The van der Waals surface area contributed by atoms with Gasteiger partial charge in [-0.05, 0) is 39.0 Å². The van der Waals surface area contributed by atoms with Crippen molar-refractivity contribution in [2.75, 3.05) is 5.32 Å². The summed E-state index contributed by atoms with van der Waals surface area (Å²) in [5.74, 6) is 0. The van der Waals surface area contributed by atoms with Gasteiger partial charge in [0.25, 0.3) is 0 Å². The fourth-order valence-corrected chi connectivity index (χ4v) is 1.71. The summed E-state index contributed by atoms with van der Waals surface area (Å²) in [4.78, 5) is 25.7. The fraction of sp³-hybridized carbons (Fsp3) is 0.286. The number of H-pyrrole nitrogens is 1. The summed E-state index contributed by atoms with van der Waals surface area (Å²) in [6, 6.07) is 8.37. The van der Waals surface area contributed by atoms with E-state index in [1.54, 1.807) is 45.0 Å². The van der Waals surface area contributed by atoms with Gasteiger partial charge >= 0.3 is 6.09 Å². The van der Waals surface area contributed by atoms with Gasteiger partial charge in [0.1, 0.15) is 5.60 Å². The van der Waals surface area contributed by atoms with Crippen LogP contribution in [0.3, 0.4) is 0 Å². The van der Waals surface area contributed by atoms with Crippen LogP contribution < -0.4 is 10.9 Å². The van der Waals surface area contributed by atoms with Gasteiger partial charge in [0, 0.05) is 11.5 Å². The van der Waals surface area contributed by atoms with E-state index in [4.69, 9.17) is 4.74 Å². The van der Waals surface area contributed by atoms with Gasteiger partial charge in [-0.15, -0.1) is 0 Å². The highest BCUT2D eigenvalue weighted by molar-refractivity contribution is 5.98. The molecule has 19 heavy (non-hydrogen) atoms. The van der Waals surface area contributed by atoms with E-state index in [9.17, 15) is 9.59 Å². The molecule has 0 unspecified atom stereocenters. The Morgan fingerprint density at radius 1 is 1.21 bits per heavy atom. The van der Waals surface area contributed by atoms with Crippen LogP contribution in [0, 0.1) is 0 Å². The highest BCUT2D eigenvalue weighted by Crippen LogP contribution is 2.21. The van der Waals surface area contributed by atoms with Crippen LogP contribution in [0.4, 0.5) is 10.5 Å². The number of carbonyl (C=O) groups is 1. The number of aromatic nitrogens is 1. The SMILES string of the molecule is CC(C)(C)OC(=O)Nc1cccc2[nH]c(=O)ccc12. The van der Waals surface area contributed by atoms with Gasteiger partial charge < -0.3 is 9.72 Å². The van der Waals surface area contributed by atoms with Crippen LogP contribution in [-0.2, 0) is 4.74 Å². The first-order valence-corrected chi connectivity index (χ1v) is 5.97. The first-order valence-electron chi connectivity index (χ1n) is 5.97. The molecule has 0 saturated carbocycles. The molecule has 0 radical (unpaired) electrons. The Kier molecular flexibility index (Phi) is 3.29. The molecule has 100 valence electrons. The molecule has 5 nitrogen and oxygen atoms in total. The first kappa shape index (κ1) is 13.1. The molecule has 2 N–H and O–H groups in total. The second-order valence-electron chi connectivity index (χ2n) is 5.22. The lowest BCUT2D eigenvalue weighted by Gasteiger charge is -2.20. The van der Waals surface area contributed by atoms with Gasteiger partial charge in [-0.1, -0.05) is 6.07 Å². The molecule has 0 aliphatic rings. The molecule has 5 heteroatoms. The summed E-state index contributed by atoms with van der Waals surface area (Å²) in [7, 11) is 0. The van der Waals surface area contributed by atoms with Crippen molar-refractivity contribution in [3.63, 3.8) is 0 Å². The molecule has 0 bridgehead atoms. The number of nitrogens with one attached hydrogen (secondary N) is 2. The topological polar surface area (TPSA) is 71.2 Å². The van der Waals surface area contributed by atoms with Crippen molar-refractivity contribution in [3.8, 4) is 0 Å². The largest absolute Gasteiger partial charge is 0.444 e. The summed E-state index contributed by atoms with van der Waals surface area (Å²) in [5, 5.41) is 3.44. The number of anilines is 1. The van der Waals surface area contributed by atoms with Crippen LogP contribution in [-0.4, -0.2) is 16.7 Å². The average molecular weight is 260 g/mol. The summed E-state index contributed by atoms with van der Waals surface area (Å²) in [6.45, 7) is 5.40. The summed E-state index contributed by atoms with van der Waals surface area (Å²) >= 11 is 0. The lowest BCUT2D eigenvalue weighted by molar-refractivity contribution is 0.0636. The molecule has 1 amide bonds. The Morgan fingerprint density at radius 3 is 2.63 bits per heavy atom. The average Bonchev–Trinajstić information content (AvgIpc) is 2.26. The van der Waals surface area contributed by atoms with Crippen molar-refractivity contribution in [3.05, 3.63) is 40.7 Å². The Labute approximate surface area is 110 Å². The molecule has 1 heterocycles. The van der Waals surface area contributed by atoms with E-state index in [2.05, 4.69) is 10.3 Å². The van der Waals surface area contributed by atoms with Crippen molar-refractivity contribution in [2.45, 2.75) is 26.4 Å². The predicted molar refractivity (Wildman–Crippen MR) is 74.4 cm³/mol. The zero-order chi connectivity index (χ0) is 14.0. The number of hydrogen-bond donors (Lipinski definition) is 2. The highest BCUT2D eigenvalue weighted by Gasteiger charge is 2.16. The van der Waals surface area contributed by atoms with E-state index in [-0.39, 0.29) is 5.56 Å². The predicted octanol–water partition coefficient (Wildman–Crippen LogP) is 2.88. The molecule has 1 aromatic heterocycles. The minimum atomic E-state index is -0.553. The number of rotatable bonds is 1. The second-order valence-corrected chi connectivity index (χ2v) is 5.22. The smallest absolute Gasteiger partial charge is 0.412 e. The van der Waals surface area contributed by atoms with Gasteiger partial charge in [-0.3, -0.25) is 10.1 Å². The minimum absolute atomic E-state index is 0.179. The molecule has 0 saturated heterocycles. The van der Waals surface area contributed by atoms with Crippen molar-refractivity contribution >= 4 is 22.7 Å². The van der Waals surface area contributed by atoms with Crippen LogP contribution in [0.1, 0.15) is 20.8 Å². The molecule has 0 aliphatic carbocycles. The van der Waals surface area contributed by atoms with Crippen LogP contribution in [0.2, 0.25) is 0 Å². The molecule has 0 atom stereocenters. The van der Waals surface area contributed by atoms with Gasteiger partial charge in [0.05, 0.1) is 11.2 Å². The van der Waals surface area contributed by atoms with E-state index in [0.29, 0.717) is 11.2 Å². The zero-order valence-electron chi connectivity index (χ0n) is 11.1. The van der Waals surface area contributed by atoms with E-state index < -0.39 is 11.7 Å². The van der Waals surface area contributed by atoms with Crippen molar-refractivity contribution in [2.24, 2.45) is 0 Å². The molecular formula is C14H16N2O3. The number of carbonyl (C=O) groups excluding carboxylic acids is 1. The van der Waals surface area contributed by atoms with Crippen LogP contribution in [0.5, 0.6) is 0 Å². The minimum Gasteiger partial charge on any atom is -0.444 e. The van der Waals surface area contributed by atoms with Gasteiger partial charge in [0.15, 0.2) is 0 Å². The maximum atomic E-state index is 11.7. The zero-order valence-corrected chi connectivity index (χ0v) is 11.1. The fourth-order valence-electron chi connectivity index (χ4n) is 1.71. The summed E-state index contributed by atoms with van der Waals surface area (Å²) in [6.07, 6.45) is -0.522. The number of ether oxygens (including phenoxy) is 1. The highest BCUT2D eigenvalue weighted by atomic mass is 16.6. The number of fused-ring (bicyclic) bond motifs is 1. The Hall–Kier alpha value is -2.30. The number of hydrogen-bond acceptors (Lipinski definition) is 3. The molecular weight excluding hydrogens is 244 g/mol. The third kappa shape index (κ3) is 3.34. The second kappa shape index (κ2) is 4.76. The van der Waals surface area contributed by atoms with Crippen molar-refractivity contribution in [1.82, 2.24) is 4.98 Å². The Morgan fingerprint density at radius 2 is 1.95 bits per heavy atom. The first-order chi connectivity index (χ1) is 8.85. The molecule has 0 aliphatic heterocycles. The molecule has 2 rings (SSSR count). The maximum absolute atomic E-state index is 11.7. The van der Waals surface area contributed by atoms with Crippen molar-refractivity contribution in [1.29, 1.82) is 0 Å². The van der Waals surface area contributed by atoms with Crippen molar-refractivity contribution < 1.29 is 9.53 Å². The Bertz CT molecular complexity index is 668. The molecule has 0 spiro atoms. The molecule has 1 aromatic carbocycles. The number of amides is 1. The Balaban J connectivity index is 2.31. The third-order valence-corrected chi connectivity index (χ3v) is 2.40. The lowest BCUT2D eigenvalue weighted by atomic mass is 10.2. The summed E-state index contributed by atoms with van der Waals surface area (Å²) < 4.78 is 5.19. The van der Waals surface area contributed by atoms with Crippen LogP contribution >= 0.6 is 0 Å². The number of pyridine rings is 1.